The number of nitrogens with zero attached hydrogens (tertiary/aromatic N) is 3. The topological polar surface area (TPSA) is 56.7 Å². The van der Waals surface area contributed by atoms with Crippen molar-refractivity contribution >= 4 is 0 Å². The van der Waals surface area contributed by atoms with Crippen LogP contribution >= 0.6 is 0 Å². The van der Waals surface area contributed by atoms with Gasteiger partial charge in [-0.3, -0.25) is 0 Å². The fourth-order valence-corrected chi connectivity index (χ4v) is 2.74. The van der Waals surface area contributed by atoms with Gasteiger partial charge >= 0.3 is 0 Å². The average Bonchev–Trinajstić information content (AvgIpc) is 2.69. The number of hydrogen-bond donors (Lipinski definition) is 1. The van der Waals surface area contributed by atoms with E-state index >= 15 is 0 Å². The number of hydrogen-bond acceptors (Lipinski definition) is 3. The van der Waals surface area contributed by atoms with Crippen molar-refractivity contribution in [3.8, 4) is 0 Å². The van der Waals surface area contributed by atoms with E-state index in [4.69, 9.17) is 5.73 Å². The molecule has 0 unspecified atom stereocenters. The third-order valence-corrected chi connectivity index (χ3v) is 3.77. The first-order valence-electron chi connectivity index (χ1n) is 7.06. The largest absolute Gasteiger partial charge is 0.321 e. The molecule has 0 saturated heterocycles. The summed E-state index contributed by atoms with van der Waals surface area (Å²) in [7, 11) is 0. The zero-order chi connectivity index (χ0) is 13.1. The molecular formula is C15H20N4. The molecule has 1 aromatic heterocycles. The summed E-state index contributed by atoms with van der Waals surface area (Å²) >= 11 is 0. The molecule has 0 radical (unpaired) electrons. The van der Waals surface area contributed by atoms with Crippen LogP contribution in [0.4, 0.5) is 0 Å². The van der Waals surface area contributed by atoms with Gasteiger partial charge in [-0.25, -0.2) is 0 Å². The van der Waals surface area contributed by atoms with Crippen LogP contribution in [0.3, 0.4) is 0 Å². The van der Waals surface area contributed by atoms with E-state index in [1.54, 1.807) is 0 Å². The Morgan fingerprint density at radius 1 is 1.11 bits per heavy atom. The van der Waals surface area contributed by atoms with Gasteiger partial charge in [0.25, 0.3) is 0 Å². The molecule has 1 aliphatic rings. The number of rotatable bonds is 3. The summed E-state index contributed by atoms with van der Waals surface area (Å²) in [5, 5.41) is 8.64. The summed E-state index contributed by atoms with van der Waals surface area (Å²) in [6, 6.07) is 10.3. The molecule has 4 heteroatoms. The van der Waals surface area contributed by atoms with Crippen molar-refractivity contribution in [2.75, 3.05) is 0 Å². The maximum atomic E-state index is 6.32. The van der Waals surface area contributed by atoms with Gasteiger partial charge in [0, 0.05) is 13.0 Å². The predicted octanol–water partition coefficient (Wildman–Crippen LogP) is 2.25. The van der Waals surface area contributed by atoms with Crippen LogP contribution < -0.4 is 5.73 Å². The number of aromatic nitrogens is 3. The first-order valence-corrected chi connectivity index (χ1v) is 7.06. The van der Waals surface area contributed by atoms with E-state index in [-0.39, 0.29) is 6.04 Å². The smallest absolute Gasteiger partial charge is 0.150 e. The number of benzene rings is 1. The number of fused-ring (bicyclic) bond motifs is 1. The van der Waals surface area contributed by atoms with Gasteiger partial charge in [-0.05, 0) is 24.8 Å². The minimum absolute atomic E-state index is 0.0678. The van der Waals surface area contributed by atoms with Crippen LogP contribution in [-0.2, 0) is 19.4 Å². The van der Waals surface area contributed by atoms with Crippen LogP contribution in [0.2, 0.25) is 0 Å². The van der Waals surface area contributed by atoms with E-state index in [2.05, 4.69) is 26.9 Å². The molecule has 0 amide bonds. The maximum absolute atomic E-state index is 6.32. The van der Waals surface area contributed by atoms with E-state index < -0.39 is 0 Å². The highest BCUT2D eigenvalue weighted by Crippen LogP contribution is 2.20. The standard InChI is InChI=1S/C15H20N4/c16-13(11-12-7-3-1-4-8-12)15-18-17-14-9-5-2-6-10-19(14)15/h1,3-4,7-8,13H,2,5-6,9-11,16H2/t13-/m0/s1. The third-order valence-electron chi connectivity index (χ3n) is 3.77. The highest BCUT2D eigenvalue weighted by Gasteiger charge is 2.19. The van der Waals surface area contributed by atoms with Gasteiger partial charge in [0.15, 0.2) is 0 Å². The highest BCUT2D eigenvalue weighted by molar-refractivity contribution is 5.17. The van der Waals surface area contributed by atoms with Gasteiger partial charge in [0.2, 0.25) is 0 Å². The van der Waals surface area contributed by atoms with Gasteiger partial charge in [0.1, 0.15) is 11.6 Å². The van der Waals surface area contributed by atoms with Crippen LogP contribution in [0, 0.1) is 0 Å². The Labute approximate surface area is 113 Å². The van der Waals surface area contributed by atoms with E-state index in [0.717, 1.165) is 31.0 Å². The quantitative estimate of drug-likeness (QED) is 0.916. The molecule has 3 rings (SSSR count). The lowest BCUT2D eigenvalue weighted by Gasteiger charge is -2.13. The lowest BCUT2D eigenvalue weighted by atomic mass is 10.1. The Morgan fingerprint density at radius 2 is 1.95 bits per heavy atom. The molecule has 0 fully saturated rings. The van der Waals surface area contributed by atoms with Crippen molar-refractivity contribution in [1.82, 2.24) is 14.8 Å². The maximum Gasteiger partial charge on any atom is 0.150 e. The van der Waals surface area contributed by atoms with Gasteiger partial charge in [-0.2, -0.15) is 0 Å². The second-order valence-corrected chi connectivity index (χ2v) is 5.23. The van der Waals surface area contributed by atoms with E-state index in [9.17, 15) is 0 Å². The van der Waals surface area contributed by atoms with Crippen LogP contribution in [-0.4, -0.2) is 14.8 Å². The molecule has 2 aromatic rings. The summed E-state index contributed by atoms with van der Waals surface area (Å²) in [6.07, 6.45) is 5.54. The molecule has 1 aromatic carbocycles. The van der Waals surface area contributed by atoms with Crippen molar-refractivity contribution in [3.63, 3.8) is 0 Å². The van der Waals surface area contributed by atoms with Crippen molar-refractivity contribution in [3.05, 3.63) is 47.5 Å². The minimum Gasteiger partial charge on any atom is -0.321 e. The zero-order valence-electron chi connectivity index (χ0n) is 11.1. The van der Waals surface area contributed by atoms with Crippen molar-refractivity contribution < 1.29 is 0 Å². The molecule has 1 aliphatic heterocycles. The van der Waals surface area contributed by atoms with Crippen LogP contribution in [0.25, 0.3) is 0 Å². The molecule has 4 nitrogen and oxygen atoms in total. The lowest BCUT2D eigenvalue weighted by molar-refractivity contribution is 0.559. The first-order chi connectivity index (χ1) is 9.34. The molecule has 0 spiro atoms. The van der Waals surface area contributed by atoms with Gasteiger partial charge in [0.05, 0.1) is 6.04 Å². The van der Waals surface area contributed by atoms with Crippen LogP contribution in [0.5, 0.6) is 0 Å². The zero-order valence-corrected chi connectivity index (χ0v) is 11.1. The molecule has 0 saturated carbocycles. The molecule has 2 N–H and O–H groups in total. The molecule has 0 aliphatic carbocycles. The Bertz CT molecular complexity index is 532. The Hall–Kier alpha value is -1.68. The summed E-state index contributed by atoms with van der Waals surface area (Å²) in [5.41, 5.74) is 7.57. The fourth-order valence-electron chi connectivity index (χ4n) is 2.74. The number of aryl methyl sites for hydroxylation is 1. The van der Waals surface area contributed by atoms with E-state index in [1.807, 2.05) is 18.2 Å². The first kappa shape index (κ1) is 12.4. The number of nitrogens with two attached hydrogens (primary N) is 1. The van der Waals surface area contributed by atoms with Gasteiger partial charge in [-0.1, -0.05) is 36.8 Å². The van der Waals surface area contributed by atoms with Crippen LogP contribution in [0.1, 0.15) is 42.5 Å². The van der Waals surface area contributed by atoms with Crippen LogP contribution in [0.15, 0.2) is 30.3 Å². The van der Waals surface area contributed by atoms with Gasteiger partial charge in [-0.15, -0.1) is 10.2 Å². The monoisotopic (exact) mass is 256 g/mol. The molecule has 0 bridgehead atoms. The summed E-state index contributed by atoms with van der Waals surface area (Å²) in [6.45, 7) is 1.01. The molecule has 19 heavy (non-hydrogen) atoms. The van der Waals surface area contributed by atoms with E-state index in [1.165, 1.54) is 24.8 Å². The molecule has 2 heterocycles. The summed E-state index contributed by atoms with van der Waals surface area (Å²) < 4.78 is 2.24. The highest BCUT2D eigenvalue weighted by atomic mass is 15.3. The second-order valence-electron chi connectivity index (χ2n) is 5.23. The van der Waals surface area contributed by atoms with Crippen molar-refractivity contribution in [2.24, 2.45) is 5.73 Å². The van der Waals surface area contributed by atoms with Crippen molar-refractivity contribution in [2.45, 2.75) is 44.7 Å². The third kappa shape index (κ3) is 2.68. The van der Waals surface area contributed by atoms with Crippen molar-refractivity contribution in [1.29, 1.82) is 0 Å². The lowest BCUT2D eigenvalue weighted by Crippen LogP contribution is -2.19. The minimum atomic E-state index is -0.0678. The molecule has 100 valence electrons. The SMILES string of the molecule is N[C@@H](Cc1ccccc1)c1nnc2n1CCCCC2. The Balaban J connectivity index is 1.80. The summed E-state index contributed by atoms with van der Waals surface area (Å²) in [4.78, 5) is 0. The van der Waals surface area contributed by atoms with E-state index in [0.29, 0.717) is 0 Å². The van der Waals surface area contributed by atoms with Gasteiger partial charge < -0.3 is 10.3 Å². The summed E-state index contributed by atoms with van der Waals surface area (Å²) in [5.74, 6) is 2.05. The predicted molar refractivity (Wildman–Crippen MR) is 74.7 cm³/mol. The Morgan fingerprint density at radius 3 is 2.79 bits per heavy atom. The normalized spacial score (nSPS) is 16.7. The molecular weight excluding hydrogens is 236 g/mol. The Kier molecular flexibility index (Phi) is 3.60. The second kappa shape index (κ2) is 5.53. The average molecular weight is 256 g/mol. The molecule has 1 atom stereocenters. The fraction of sp³-hybridized carbons (Fsp3) is 0.467.